The topological polar surface area (TPSA) is 61.8 Å². The Balaban J connectivity index is 6.97. The van der Waals surface area contributed by atoms with Crippen molar-refractivity contribution in [1.29, 1.82) is 0 Å². The van der Waals surface area contributed by atoms with Crippen molar-refractivity contribution >= 4 is 10.2 Å². The summed E-state index contributed by atoms with van der Waals surface area (Å²) in [6, 6.07) is -3.19. The van der Waals surface area contributed by atoms with Gasteiger partial charge in [-0.25, -0.2) is 0 Å². The van der Waals surface area contributed by atoms with Crippen molar-refractivity contribution < 1.29 is 101 Å². The fraction of sp³-hybridized carbons (Fsp3) is 0.800. The maximum atomic E-state index is 13.8. The summed E-state index contributed by atoms with van der Waals surface area (Å²) >= 11 is 0. The molecule has 0 aliphatic rings. The number of halogens is 18. The Morgan fingerprint density at radius 2 is 0.882 bits per heavy atom. The Morgan fingerprint density at radius 3 is 1.15 bits per heavy atom. The molecule has 0 rings (SSSR count). The zero-order chi connectivity index (χ0) is 28.2. The van der Waals surface area contributed by atoms with Crippen LogP contribution in [0.4, 0.5) is 78.5 Å². The molecular weight excluding hydrogens is 574 g/mol. The Bertz CT molecular complexity index is 877. The molecule has 34 heavy (non-hydrogen) atoms. The lowest BCUT2D eigenvalue weighted by atomic mass is 10.2. The van der Waals surface area contributed by atoms with E-state index in [0.29, 0.717) is 0 Å². The third-order valence-electron chi connectivity index (χ3n) is 2.90. The summed E-state index contributed by atoms with van der Waals surface area (Å²) < 4.78 is 257. The minimum absolute atomic E-state index is 1.22. The van der Waals surface area contributed by atoms with Crippen LogP contribution in [0.5, 0.6) is 0 Å². The lowest BCUT2D eigenvalue weighted by Gasteiger charge is -2.41. The van der Waals surface area contributed by atoms with Gasteiger partial charge in [0.25, 0.3) is 6.01 Å². The standard InChI is InChI=1S/C10H2F18O5S/c1-2(11)31-7(20,21)3(12,5(14,15)16)32-8(22,23)4(13,6(17,18)19)33-9(24,25)10(26,27)34(28,29)30/h1H2. The van der Waals surface area contributed by atoms with Gasteiger partial charge >= 0.3 is 57.9 Å². The summed E-state index contributed by atoms with van der Waals surface area (Å²) in [5.74, 6) is -16.1. The van der Waals surface area contributed by atoms with Gasteiger partial charge in [-0.3, -0.25) is 9.47 Å². The Labute approximate surface area is 173 Å². The van der Waals surface area contributed by atoms with Gasteiger partial charge in [0, 0.05) is 0 Å². The predicted octanol–water partition coefficient (Wildman–Crippen LogP) is 5.60. The SMILES string of the molecule is C=C(F)OC(F)(F)C(F)(OC(F)(F)C(F)(OC(F)(F)C(F)(F)S(=O)(=O)F)C(F)(F)F)C(F)(F)F. The molecule has 204 valence electrons. The van der Waals surface area contributed by atoms with Crippen LogP contribution in [0.1, 0.15) is 0 Å². The van der Waals surface area contributed by atoms with Gasteiger partial charge in [0.15, 0.2) is 0 Å². The van der Waals surface area contributed by atoms with Crippen molar-refractivity contribution in [3.8, 4) is 0 Å². The van der Waals surface area contributed by atoms with Gasteiger partial charge in [-0.15, -0.1) is 0 Å². The molecule has 0 saturated heterocycles. The second-order valence-electron chi connectivity index (χ2n) is 5.35. The van der Waals surface area contributed by atoms with Crippen LogP contribution in [0, 0.1) is 0 Å². The highest BCUT2D eigenvalue weighted by Gasteiger charge is 2.87. The third-order valence-corrected chi connectivity index (χ3v) is 3.75. The average Bonchev–Trinajstić information content (AvgIpc) is 2.48. The van der Waals surface area contributed by atoms with Crippen molar-refractivity contribution in [3.63, 3.8) is 0 Å². The largest absolute Gasteiger partial charge is 0.471 e. The van der Waals surface area contributed by atoms with Crippen LogP contribution in [-0.4, -0.2) is 56.1 Å². The molecule has 0 N–H and O–H groups in total. The van der Waals surface area contributed by atoms with Gasteiger partial charge in [-0.05, 0) is 6.58 Å². The van der Waals surface area contributed by atoms with Crippen molar-refractivity contribution in [1.82, 2.24) is 0 Å². The zero-order valence-corrected chi connectivity index (χ0v) is 15.3. The molecule has 0 aromatic heterocycles. The number of hydrogen-bond donors (Lipinski definition) is 0. The third kappa shape index (κ3) is 5.36. The molecule has 0 aliphatic carbocycles. The highest BCUT2D eigenvalue weighted by molar-refractivity contribution is 7.87. The molecule has 0 aliphatic heterocycles. The minimum Gasteiger partial charge on any atom is -0.402 e. The normalized spacial score (nSPS) is 18.8. The van der Waals surface area contributed by atoms with Crippen LogP contribution in [0.15, 0.2) is 12.6 Å². The van der Waals surface area contributed by atoms with Crippen molar-refractivity contribution in [2.24, 2.45) is 0 Å². The summed E-state index contributed by atoms with van der Waals surface area (Å²) in [5, 5.41) is -7.71. The first-order valence-electron chi connectivity index (χ1n) is 6.73. The fourth-order valence-electron chi connectivity index (χ4n) is 1.39. The van der Waals surface area contributed by atoms with Crippen molar-refractivity contribution in [2.45, 2.75) is 47.6 Å². The van der Waals surface area contributed by atoms with E-state index in [1.54, 1.807) is 6.58 Å². The predicted molar refractivity (Wildman–Crippen MR) is 63.1 cm³/mol. The summed E-state index contributed by atoms with van der Waals surface area (Å²) in [4.78, 5) is 0. The lowest BCUT2D eigenvalue weighted by Crippen LogP contribution is -2.69. The molecule has 2 atom stereocenters. The van der Waals surface area contributed by atoms with Crippen LogP contribution < -0.4 is 0 Å². The van der Waals surface area contributed by atoms with E-state index >= 15 is 0 Å². The van der Waals surface area contributed by atoms with Crippen LogP contribution >= 0.6 is 0 Å². The molecule has 0 fully saturated rings. The maximum Gasteiger partial charge on any atom is 0.471 e. The van der Waals surface area contributed by atoms with E-state index in [1.807, 2.05) is 0 Å². The van der Waals surface area contributed by atoms with Gasteiger partial charge in [-0.1, -0.05) is 3.89 Å². The second kappa shape index (κ2) is 8.37. The first kappa shape index (κ1) is 32.1. The highest BCUT2D eigenvalue weighted by atomic mass is 32.3. The van der Waals surface area contributed by atoms with E-state index in [2.05, 4.69) is 4.74 Å². The monoisotopic (exact) mass is 576 g/mol. The number of rotatable bonds is 10. The Morgan fingerprint density at radius 1 is 0.588 bits per heavy atom. The molecular formula is C10H2F18O5S. The number of alkyl halides is 16. The van der Waals surface area contributed by atoms with Crippen LogP contribution in [0.2, 0.25) is 0 Å². The molecule has 24 heteroatoms. The van der Waals surface area contributed by atoms with Crippen LogP contribution in [-0.2, 0) is 24.4 Å². The molecule has 0 heterocycles. The van der Waals surface area contributed by atoms with E-state index < -0.39 is 63.9 Å². The fourth-order valence-corrected chi connectivity index (χ4v) is 1.72. The summed E-state index contributed by atoms with van der Waals surface area (Å²) in [5.41, 5.74) is 0. The molecule has 0 saturated carbocycles. The van der Waals surface area contributed by atoms with Gasteiger partial charge < -0.3 is 4.74 Å². The van der Waals surface area contributed by atoms with E-state index in [1.165, 1.54) is 9.47 Å². The lowest BCUT2D eigenvalue weighted by molar-refractivity contribution is -0.562. The molecule has 0 bridgehead atoms. The second-order valence-corrected chi connectivity index (χ2v) is 6.74. The smallest absolute Gasteiger partial charge is 0.402 e. The maximum absolute atomic E-state index is 13.8. The Hall–Kier alpha value is -1.85. The molecule has 0 aromatic carbocycles. The number of ether oxygens (including phenoxy) is 3. The van der Waals surface area contributed by atoms with E-state index in [4.69, 9.17) is 0 Å². The van der Waals surface area contributed by atoms with E-state index in [9.17, 15) is 86.9 Å². The average molecular weight is 576 g/mol. The van der Waals surface area contributed by atoms with Gasteiger partial charge in [0.2, 0.25) is 0 Å². The van der Waals surface area contributed by atoms with E-state index in [-0.39, 0.29) is 0 Å². The molecule has 0 radical (unpaired) electrons. The zero-order valence-electron chi connectivity index (χ0n) is 14.5. The molecule has 2 unspecified atom stereocenters. The first-order valence-corrected chi connectivity index (χ1v) is 8.12. The van der Waals surface area contributed by atoms with Gasteiger partial charge in [-0.2, -0.15) is 83.1 Å². The van der Waals surface area contributed by atoms with Gasteiger partial charge in [0.05, 0.1) is 0 Å². The Kier molecular flexibility index (Phi) is 7.92. The van der Waals surface area contributed by atoms with Crippen molar-refractivity contribution in [2.75, 3.05) is 0 Å². The van der Waals surface area contributed by atoms with Crippen LogP contribution in [0.25, 0.3) is 0 Å². The summed E-state index contributed by atoms with van der Waals surface area (Å²) in [6.45, 7) is 1.62. The van der Waals surface area contributed by atoms with E-state index in [0.717, 1.165) is 0 Å². The molecule has 0 amide bonds. The number of hydrogen-bond acceptors (Lipinski definition) is 5. The van der Waals surface area contributed by atoms with Crippen LogP contribution in [0.3, 0.4) is 0 Å². The quantitative estimate of drug-likeness (QED) is 0.193. The van der Waals surface area contributed by atoms with Gasteiger partial charge in [0.1, 0.15) is 0 Å². The highest BCUT2D eigenvalue weighted by Crippen LogP contribution is 2.57. The molecule has 0 aromatic rings. The molecule has 5 nitrogen and oxygen atoms in total. The van der Waals surface area contributed by atoms with Crippen molar-refractivity contribution in [3.05, 3.63) is 12.6 Å². The molecule has 0 spiro atoms. The minimum atomic E-state index is -8.29. The summed E-state index contributed by atoms with van der Waals surface area (Å²) in [6.07, 6.45) is -39.4. The summed E-state index contributed by atoms with van der Waals surface area (Å²) in [7, 11) is -8.19. The first-order chi connectivity index (χ1) is 14.3.